The zero-order valence-electron chi connectivity index (χ0n) is 19.8. The summed E-state index contributed by atoms with van der Waals surface area (Å²) < 4.78 is 16.4. The van der Waals surface area contributed by atoms with E-state index in [0.29, 0.717) is 49.9 Å². The molecule has 1 heterocycles. The third-order valence-corrected chi connectivity index (χ3v) is 5.05. The summed E-state index contributed by atoms with van der Waals surface area (Å²) in [5.74, 6) is 2.69. The Bertz CT molecular complexity index is 880. The van der Waals surface area contributed by atoms with Crippen molar-refractivity contribution >= 4 is 11.9 Å². The molecule has 1 aromatic carbocycles. The molecular formula is C24H35N3O5. The smallest absolute Gasteiger partial charge is 0.317 e. The lowest BCUT2D eigenvalue weighted by atomic mass is 10.1. The van der Waals surface area contributed by atoms with Crippen molar-refractivity contribution in [1.29, 1.82) is 0 Å². The SMILES string of the molecule is CCCN(CC(=O)N(CCc1ccc(OC)c(OC)c1)Cc1ccc(C)o1)C(=O)NCC. The lowest BCUT2D eigenvalue weighted by Crippen LogP contribution is -2.47. The average Bonchev–Trinajstić information content (AvgIpc) is 3.20. The first kappa shape index (κ1) is 25.1. The van der Waals surface area contributed by atoms with Crippen LogP contribution in [0.3, 0.4) is 0 Å². The summed E-state index contributed by atoms with van der Waals surface area (Å²) in [5.41, 5.74) is 1.02. The summed E-state index contributed by atoms with van der Waals surface area (Å²) in [6.45, 7) is 7.58. The molecule has 0 aliphatic rings. The van der Waals surface area contributed by atoms with Crippen LogP contribution in [0.25, 0.3) is 0 Å². The number of ether oxygens (including phenoxy) is 2. The molecular weight excluding hydrogens is 410 g/mol. The van der Waals surface area contributed by atoms with Crippen molar-refractivity contribution in [3.8, 4) is 11.5 Å². The zero-order chi connectivity index (χ0) is 23.5. The van der Waals surface area contributed by atoms with E-state index in [1.54, 1.807) is 24.0 Å². The Kier molecular flexibility index (Phi) is 9.91. The van der Waals surface area contributed by atoms with E-state index in [0.717, 1.165) is 17.7 Å². The second kappa shape index (κ2) is 12.6. The van der Waals surface area contributed by atoms with Crippen LogP contribution in [0.2, 0.25) is 0 Å². The molecule has 32 heavy (non-hydrogen) atoms. The van der Waals surface area contributed by atoms with Crippen LogP contribution in [-0.2, 0) is 17.8 Å². The Morgan fingerprint density at radius 3 is 2.34 bits per heavy atom. The fraction of sp³-hybridized carbons (Fsp3) is 0.500. The standard InChI is InChI=1S/C24H35N3O5/c1-6-13-27(24(29)25-7-2)17-23(28)26(16-20-10-8-18(3)32-20)14-12-19-9-11-21(30-4)22(15-19)31-5/h8-11,15H,6-7,12-14,16-17H2,1-5H3,(H,25,29). The minimum absolute atomic E-state index is 0.0191. The van der Waals surface area contributed by atoms with E-state index in [1.165, 1.54) is 0 Å². The molecule has 0 saturated heterocycles. The lowest BCUT2D eigenvalue weighted by Gasteiger charge is -2.27. The van der Waals surface area contributed by atoms with Crippen molar-refractivity contribution in [2.45, 2.75) is 40.2 Å². The van der Waals surface area contributed by atoms with Gasteiger partial charge in [0.05, 0.1) is 20.8 Å². The van der Waals surface area contributed by atoms with Crippen molar-refractivity contribution in [3.05, 3.63) is 47.4 Å². The third-order valence-electron chi connectivity index (χ3n) is 5.05. The van der Waals surface area contributed by atoms with E-state index in [9.17, 15) is 9.59 Å². The molecule has 0 aliphatic carbocycles. The monoisotopic (exact) mass is 445 g/mol. The van der Waals surface area contributed by atoms with Crippen LogP contribution in [0.4, 0.5) is 4.79 Å². The molecule has 2 aromatic rings. The number of hydrogen-bond donors (Lipinski definition) is 1. The molecule has 0 radical (unpaired) electrons. The molecule has 1 aromatic heterocycles. The molecule has 8 heteroatoms. The number of urea groups is 1. The Balaban J connectivity index is 2.15. The molecule has 0 spiro atoms. The highest BCUT2D eigenvalue weighted by molar-refractivity contribution is 5.84. The Morgan fingerprint density at radius 2 is 1.75 bits per heavy atom. The summed E-state index contributed by atoms with van der Waals surface area (Å²) in [6.07, 6.45) is 1.40. The Labute approximate surface area is 190 Å². The third kappa shape index (κ3) is 7.21. The van der Waals surface area contributed by atoms with Gasteiger partial charge in [0.1, 0.15) is 18.1 Å². The quantitative estimate of drug-likeness (QED) is 0.539. The first-order valence-corrected chi connectivity index (χ1v) is 11.0. The first-order chi connectivity index (χ1) is 15.4. The summed E-state index contributed by atoms with van der Waals surface area (Å²) >= 11 is 0. The van der Waals surface area contributed by atoms with E-state index in [1.807, 2.05) is 51.1 Å². The Hall–Kier alpha value is -3.16. The molecule has 0 bridgehead atoms. The molecule has 0 fully saturated rings. The van der Waals surface area contributed by atoms with Gasteiger partial charge in [-0.05, 0) is 56.5 Å². The average molecular weight is 446 g/mol. The number of nitrogens with zero attached hydrogens (tertiary/aromatic N) is 2. The fourth-order valence-corrected chi connectivity index (χ4v) is 3.40. The predicted molar refractivity (Wildman–Crippen MR) is 123 cm³/mol. The van der Waals surface area contributed by atoms with Crippen molar-refractivity contribution < 1.29 is 23.5 Å². The number of rotatable bonds is 12. The van der Waals surface area contributed by atoms with Gasteiger partial charge in [0.2, 0.25) is 5.91 Å². The van der Waals surface area contributed by atoms with Gasteiger partial charge in [-0.3, -0.25) is 4.79 Å². The first-order valence-electron chi connectivity index (χ1n) is 11.0. The Morgan fingerprint density at radius 1 is 1.00 bits per heavy atom. The van der Waals surface area contributed by atoms with E-state index in [4.69, 9.17) is 13.9 Å². The van der Waals surface area contributed by atoms with E-state index in [-0.39, 0.29) is 18.5 Å². The number of amides is 3. The van der Waals surface area contributed by atoms with Crippen molar-refractivity contribution in [2.75, 3.05) is 40.4 Å². The second-order valence-electron chi connectivity index (χ2n) is 7.52. The van der Waals surface area contributed by atoms with Gasteiger partial charge in [-0.1, -0.05) is 13.0 Å². The van der Waals surface area contributed by atoms with Gasteiger partial charge in [0, 0.05) is 19.6 Å². The van der Waals surface area contributed by atoms with Crippen LogP contribution in [-0.4, -0.2) is 62.1 Å². The highest BCUT2D eigenvalue weighted by Crippen LogP contribution is 2.27. The summed E-state index contributed by atoms with van der Waals surface area (Å²) in [5, 5.41) is 2.78. The molecule has 176 valence electrons. The molecule has 0 aliphatic heterocycles. The number of furan rings is 1. The minimum Gasteiger partial charge on any atom is -0.493 e. The maximum Gasteiger partial charge on any atom is 0.317 e. The van der Waals surface area contributed by atoms with Gasteiger partial charge >= 0.3 is 6.03 Å². The van der Waals surface area contributed by atoms with Crippen LogP contribution in [0.15, 0.2) is 34.7 Å². The van der Waals surface area contributed by atoms with Crippen molar-refractivity contribution in [1.82, 2.24) is 15.1 Å². The van der Waals surface area contributed by atoms with Gasteiger partial charge in [0.25, 0.3) is 0 Å². The predicted octanol–water partition coefficient (Wildman–Crippen LogP) is 3.62. The van der Waals surface area contributed by atoms with Gasteiger partial charge < -0.3 is 29.0 Å². The van der Waals surface area contributed by atoms with Gasteiger partial charge in [-0.2, -0.15) is 0 Å². The molecule has 3 amide bonds. The number of methoxy groups -OCH3 is 2. The summed E-state index contributed by atoms with van der Waals surface area (Å²) in [7, 11) is 3.19. The number of hydrogen-bond acceptors (Lipinski definition) is 5. The number of benzene rings is 1. The molecule has 1 N–H and O–H groups in total. The van der Waals surface area contributed by atoms with Gasteiger partial charge in [-0.15, -0.1) is 0 Å². The van der Waals surface area contributed by atoms with E-state index in [2.05, 4.69) is 5.32 Å². The molecule has 0 unspecified atom stereocenters. The number of nitrogens with one attached hydrogen (secondary N) is 1. The van der Waals surface area contributed by atoms with E-state index < -0.39 is 0 Å². The summed E-state index contributed by atoms with van der Waals surface area (Å²) in [4.78, 5) is 28.9. The topological polar surface area (TPSA) is 84.2 Å². The molecule has 8 nitrogen and oxygen atoms in total. The number of carbonyl (C=O) groups is 2. The fourth-order valence-electron chi connectivity index (χ4n) is 3.40. The van der Waals surface area contributed by atoms with Crippen molar-refractivity contribution in [3.63, 3.8) is 0 Å². The van der Waals surface area contributed by atoms with Crippen LogP contribution in [0, 0.1) is 6.92 Å². The maximum atomic E-state index is 13.2. The number of aryl methyl sites for hydroxylation is 1. The molecule has 2 rings (SSSR count). The van der Waals surface area contributed by atoms with E-state index >= 15 is 0 Å². The van der Waals surface area contributed by atoms with Crippen LogP contribution < -0.4 is 14.8 Å². The molecule has 0 saturated carbocycles. The van der Waals surface area contributed by atoms with Crippen LogP contribution in [0.5, 0.6) is 11.5 Å². The van der Waals surface area contributed by atoms with Crippen molar-refractivity contribution in [2.24, 2.45) is 0 Å². The lowest BCUT2D eigenvalue weighted by molar-refractivity contribution is -0.132. The normalized spacial score (nSPS) is 10.5. The van der Waals surface area contributed by atoms with Crippen LogP contribution >= 0.6 is 0 Å². The zero-order valence-corrected chi connectivity index (χ0v) is 19.8. The van der Waals surface area contributed by atoms with Gasteiger partial charge in [-0.25, -0.2) is 4.79 Å². The largest absolute Gasteiger partial charge is 0.493 e. The van der Waals surface area contributed by atoms with Crippen LogP contribution in [0.1, 0.15) is 37.4 Å². The number of carbonyl (C=O) groups excluding carboxylic acids is 2. The minimum atomic E-state index is -0.226. The highest BCUT2D eigenvalue weighted by Gasteiger charge is 2.22. The maximum absolute atomic E-state index is 13.2. The molecule has 0 atom stereocenters. The van der Waals surface area contributed by atoms with Gasteiger partial charge in [0.15, 0.2) is 11.5 Å². The summed E-state index contributed by atoms with van der Waals surface area (Å²) in [6, 6.07) is 9.25. The highest BCUT2D eigenvalue weighted by atomic mass is 16.5. The second-order valence-corrected chi connectivity index (χ2v) is 7.52.